The lowest BCUT2D eigenvalue weighted by atomic mass is 10.1. The Morgan fingerprint density at radius 1 is 1.25 bits per heavy atom. The minimum atomic E-state index is -0.543. The summed E-state index contributed by atoms with van der Waals surface area (Å²) in [7, 11) is 0. The maximum absolute atomic E-state index is 12.0. The summed E-state index contributed by atoms with van der Waals surface area (Å²) in [4.78, 5) is 16.1. The third-order valence-corrected chi connectivity index (χ3v) is 3.49. The SMILES string of the molecule is N#Cc1cccc(C(=O)OCc2ncc(-c3ccc(Cl)cc3)o2)c1. The quantitative estimate of drug-likeness (QED) is 0.665. The van der Waals surface area contributed by atoms with E-state index in [1.807, 2.05) is 18.2 Å². The standard InChI is InChI=1S/C18H11ClN2O3/c19-15-6-4-13(5-7-15)16-10-21-17(24-16)11-23-18(22)14-3-1-2-12(8-14)9-20/h1-8,10H,11H2. The number of ether oxygens (including phenoxy) is 1. The second kappa shape index (κ2) is 6.99. The fourth-order valence-electron chi connectivity index (χ4n) is 2.05. The molecule has 1 heterocycles. The van der Waals surface area contributed by atoms with Crippen LogP contribution in [0.15, 0.2) is 59.1 Å². The number of carbonyl (C=O) groups excluding carboxylic acids is 1. The molecule has 0 aliphatic heterocycles. The summed E-state index contributed by atoms with van der Waals surface area (Å²) in [6.45, 7) is -0.0940. The van der Waals surface area contributed by atoms with Gasteiger partial charge < -0.3 is 9.15 Å². The summed E-state index contributed by atoms with van der Waals surface area (Å²) in [6.07, 6.45) is 1.56. The van der Waals surface area contributed by atoms with Crippen molar-refractivity contribution in [2.24, 2.45) is 0 Å². The molecule has 3 aromatic rings. The Kier molecular flexibility index (Phi) is 4.59. The number of oxazole rings is 1. The molecule has 0 saturated carbocycles. The molecule has 118 valence electrons. The van der Waals surface area contributed by atoms with Crippen molar-refractivity contribution < 1.29 is 13.9 Å². The van der Waals surface area contributed by atoms with Crippen molar-refractivity contribution in [1.29, 1.82) is 5.26 Å². The maximum Gasteiger partial charge on any atom is 0.338 e. The van der Waals surface area contributed by atoms with Gasteiger partial charge in [0.2, 0.25) is 5.89 Å². The minimum Gasteiger partial charge on any atom is -0.452 e. The van der Waals surface area contributed by atoms with Crippen LogP contribution in [-0.4, -0.2) is 11.0 Å². The summed E-state index contributed by atoms with van der Waals surface area (Å²) in [5.41, 5.74) is 1.52. The van der Waals surface area contributed by atoms with Crippen LogP contribution in [0.3, 0.4) is 0 Å². The molecule has 2 aromatic carbocycles. The summed E-state index contributed by atoms with van der Waals surface area (Å²) >= 11 is 5.84. The van der Waals surface area contributed by atoms with E-state index < -0.39 is 5.97 Å². The van der Waals surface area contributed by atoms with Crippen molar-refractivity contribution in [3.05, 3.63) is 76.8 Å². The van der Waals surface area contributed by atoms with Gasteiger partial charge in [0, 0.05) is 10.6 Å². The molecule has 6 heteroatoms. The predicted molar refractivity (Wildman–Crippen MR) is 87.2 cm³/mol. The average Bonchev–Trinajstić information content (AvgIpc) is 3.09. The van der Waals surface area contributed by atoms with E-state index in [2.05, 4.69) is 4.98 Å². The van der Waals surface area contributed by atoms with Crippen molar-refractivity contribution in [2.45, 2.75) is 6.61 Å². The van der Waals surface area contributed by atoms with Gasteiger partial charge in [-0.3, -0.25) is 0 Å². The zero-order chi connectivity index (χ0) is 16.9. The normalized spacial score (nSPS) is 10.2. The number of nitriles is 1. The molecule has 1 aromatic heterocycles. The molecule has 24 heavy (non-hydrogen) atoms. The monoisotopic (exact) mass is 338 g/mol. The molecule has 0 fully saturated rings. The summed E-state index contributed by atoms with van der Waals surface area (Å²) in [6, 6.07) is 15.4. The predicted octanol–water partition coefficient (Wildman–Crippen LogP) is 4.22. The zero-order valence-electron chi connectivity index (χ0n) is 12.4. The highest BCUT2D eigenvalue weighted by Crippen LogP contribution is 2.22. The summed E-state index contributed by atoms with van der Waals surface area (Å²) in [5, 5.41) is 9.48. The van der Waals surface area contributed by atoms with Gasteiger partial charge in [-0.1, -0.05) is 17.7 Å². The van der Waals surface area contributed by atoms with Crippen molar-refractivity contribution in [3.8, 4) is 17.4 Å². The van der Waals surface area contributed by atoms with Crippen LogP contribution in [0.25, 0.3) is 11.3 Å². The largest absolute Gasteiger partial charge is 0.452 e. The van der Waals surface area contributed by atoms with E-state index in [9.17, 15) is 4.79 Å². The van der Waals surface area contributed by atoms with Crippen LogP contribution >= 0.6 is 11.6 Å². The zero-order valence-corrected chi connectivity index (χ0v) is 13.2. The van der Waals surface area contributed by atoms with Crippen molar-refractivity contribution in [3.63, 3.8) is 0 Å². The van der Waals surface area contributed by atoms with Crippen molar-refractivity contribution >= 4 is 17.6 Å². The van der Waals surface area contributed by atoms with Gasteiger partial charge in [-0.2, -0.15) is 5.26 Å². The Balaban J connectivity index is 1.66. The second-order valence-corrected chi connectivity index (χ2v) is 5.33. The lowest BCUT2D eigenvalue weighted by Gasteiger charge is -2.02. The second-order valence-electron chi connectivity index (χ2n) is 4.89. The number of aromatic nitrogens is 1. The first-order valence-electron chi connectivity index (χ1n) is 7.03. The summed E-state index contributed by atoms with van der Waals surface area (Å²) in [5.74, 6) is 0.298. The van der Waals surface area contributed by atoms with Crippen LogP contribution in [-0.2, 0) is 11.3 Å². The molecule has 0 N–H and O–H groups in total. The van der Waals surface area contributed by atoms with Gasteiger partial charge in [0.15, 0.2) is 12.4 Å². The molecule has 0 bridgehead atoms. The van der Waals surface area contributed by atoms with Gasteiger partial charge >= 0.3 is 5.97 Å². The van der Waals surface area contributed by atoms with E-state index in [4.69, 9.17) is 26.0 Å². The van der Waals surface area contributed by atoms with Gasteiger partial charge in [-0.05, 0) is 42.5 Å². The molecular formula is C18H11ClN2O3. The summed E-state index contributed by atoms with van der Waals surface area (Å²) < 4.78 is 10.7. The lowest BCUT2D eigenvalue weighted by Crippen LogP contribution is -2.05. The smallest absolute Gasteiger partial charge is 0.338 e. The van der Waals surface area contributed by atoms with E-state index in [0.29, 0.717) is 21.9 Å². The van der Waals surface area contributed by atoms with Crippen LogP contribution in [0, 0.1) is 11.3 Å². The number of nitrogens with zero attached hydrogens (tertiary/aromatic N) is 2. The number of esters is 1. The number of rotatable bonds is 4. The van der Waals surface area contributed by atoms with Crippen molar-refractivity contribution in [1.82, 2.24) is 4.98 Å². The fraction of sp³-hybridized carbons (Fsp3) is 0.0556. The molecule has 0 unspecified atom stereocenters. The molecule has 3 rings (SSSR count). The Morgan fingerprint density at radius 2 is 2.04 bits per heavy atom. The highest BCUT2D eigenvalue weighted by Gasteiger charge is 2.11. The lowest BCUT2D eigenvalue weighted by molar-refractivity contribution is 0.0439. The van der Waals surface area contributed by atoms with Gasteiger partial charge in [-0.25, -0.2) is 9.78 Å². The number of hydrogen-bond donors (Lipinski definition) is 0. The molecule has 0 saturated heterocycles. The van der Waals surface area contributed by atoms with Gasteiger partial charge in [0.1, 0.15) is 0 Å². The van der Waals surface area contributed by atoms with E-state index in [0.717, 1.165) is 5.56 Å². The van der Waals surface area contributed by atoms with Gasteiger partial charge in [0.05, 0.1) is 23.4 Å². The van der Waals surface area contributed by atoms with Crippen molar-refractivity contribution in [2.75, 3.05) is 0 Å². The average molecular weight is 339 g/mol. The Hall–Kier alpha value is -3.10. The first-order chi connectivity index (χ1) is 11.7. The third kappa shape index (κ3) is 3.62. The molecule has 0 atom stereocenters. The molecule has 0 aliphatic carbocycles. The van der Waals surface area contributed by atoms with Gasteiger partial charge in [-0.15, -0.1) is 0 Å². The molecule has 0 radical (unpaired) electrons. The maximum atomic E-state index is 12.0. The number of carbonyl (C=O) groups is 1. The molecule has 0 spiro atoms. The van der Waals surface area contributed by atoms with E-state index in [1.165, 1.54) is 6.07 Å². The highest BCUT2D eigenvalue weighted by molar-refractivity contribution is 6.30. The van der Waals surface area contributed by atoms with E-state index in [-0.39, 0.29) is 12.5 Å². The molecule has 5 nitrogen and oxygen atoms in total. The first-order valence-corrected chi connectivity index (χ1v) is 7.41. The first kappa shape index (κ1) is 15.8. The molecule has 0 amide bonds. The number of benzene rings is 2. The number of halogens is 1. The number of hydrogen-bond acceptors (Lipinski definition) is 5. The van der Waals surface area contributed by atoms with Crippen LogP contribution in [0.2, 0.25) is 5.02 Å². The topological polar surface area (TPSA) is 76.1 Å². The van der Waals surface area contributed by atoms with E-state index >= 15 is 0 Å². The fourth-order valence-corrected chi connectivity index (χ4v) is 2.18. The van der Waals surface area contributed by atoms with Crippen LogP contribution in [0.4, 0.5) is 0 Å². The van der Waals surface area contributed by atoms with Gasteiger partial charge in [0.25, 0.3) is 0 Å². The Morgan fingerprint density at radius 3 is 2.79 bits per heavy atom. The van der Waals surface area contributed by atoms with Crippen LogP contribution in [0.5, 0.6) is 0 Å². The molecular weight excluding hydrogens is 328 g/mol. The van der Waals surface area contributed by atoms with Crippen LogP contribution < -0.4 is 0 Å². The van der Waals surface area contributed by atoms with Crippen LogP contribution in [0.1, 0.15) is 21.8 Å². The minimum absolute atomic E-state index is 0.0940. The highest BCUT2D eigenvalue weighted by atomic mass is 35.5. The Bertz CT molecular complexity index is 911. The Labute approximate surface area is 143 Å². The molecule has 0 aliphatic rings. The third-order valence-electron chi connectivity index (χ3n) is 3.24. The van der Waals surface area contributed by atoms with E-state index in [1.54, 1.807) is 36.5 Å².